The summed E-state index contributed by atoms with van der Waals surface area (Å²) in [6.07, 6.45) is 0. The molecule has 0 fully saturated rings. The maximum atomic E-state index is 12.3. The van der Waals surface area contributed by atoms with E-state index in [9.17, 15) is 4.79 Å². The molecule has 112 valence electrons. The number of amides is 1. The van der Waals surface area contributed by atoms with Crippen molar-refractivity contribution in [1.29, 1.82) is 0 Å². The number of rotatable bonds is 5. The molecular weight excluding hydrogens is 264 g/mol. The van der Waals surface area contributed by atoms with Crippen LogP contribution < -0.4 is 5.32 Å². The van der Waals surface area contributed by atoms with Crippen molar-refractivity contribution in [3.8, 4) is 11.3 Å². The van der Waals surface area contributed by atoms with E-state index in [1.54, 1.807) is 0 Å². The van der Waals surface area contributed by atoms with Crippen molar-refractivity contribution in [1.82, 2.24) is 9.88 Å². The predicted octanol–water partition coefficient (Wildman–Crippen LogP) is 2.44. The quantitative estimate of drug-likeness (QED) is 0.887. The van der Waals surface area contributed by atoms with Crippen LogP contribution in [0, 0.1) is 5.92 Å². The molecule has 0 bridgehead atoms. The third-order valence-corrected chi connectivity index (χ3v) is 3.92. The molecule has 21 heavy (non-hydrogen) atoms. The van der Waals surface area contributed by atoms with E-state index < -0.39 is 0 Å². The second kappa shape index (κ2) is 6.59. The number of aromatic nitrogens is 1. The zero-order valence-electron chi connectivity index (χ0n) is 12.7. The molecule has 0 radical (unpaired) electrons. The fraction of sp³-hybridized carbons (Fsp3) is 0.353. The number of hydrogen-bond donors (Lipinski definition) is 2. The van der Waals surface area contributed by atoms with Crippen molar-refractivity contribution in [3.63, 3.8) is 0 Å². The molecule has 2 rings (SSSR count). The van der Waals surface area contributed by atoms with Crippen LogP contribution in [-0.2, 0) is 7.05 Å². The number of carbonyl (C=O) groups is 1. The number of aliphatic hydroxyl groups excluding tert-OH is 1. The van der Waals surface area contributed by atoms with Crippen molar-refractivity contribution in [3.05, 3.63) is 48.2 Å². The summed E-state index contributed by atoms with van der Waals surface area (Å²) in [5, 5.41) is 12.1. The minimum atomic E-state index is -0.118. The van der Waals surface area contributed by atoms with E-state index in [1.165, 1.54) is 0 Å². The molecule has 0 spiro atoms. The highest BCUT2D eigenvalue weighted by Crippen LogP contribution is 2.21. The number of nitrogens with zero attached hydrogens (tertiary/aromatic N) is 1. The minimum absolute atomic E-state index is 0.0304. The smallest absolute Gasteiger partial charge is 0.268 e. The Morgan fingerprint density at radius 2 is 1.86 bits per heavy atom. The Hall–Kier alpha value is -2.07. The van der Waals surface area contributed by atoms with Gasteiger partial charge in [-0.2, -0.15) is 0 Å². The van der Waals surface area contributed by atoms with Gasteiger partial charge >= 0.3 is 0 Å². The fourth-order valence-corrected chi connectivity index (χ4v) is 2.22. The lowest BCUT2D eigenvalue weighted by Crippen LogP contribution is -2.39. The Morgan fingerprint density at radius 1 is 1.19 bits per heavy atom. The monoisotopic (exact) mass is 286 g/mol. The number of benzene rings is 1. The number of nitrogens with one attached hydrogen (secondary N) is 1. The van der Waals surface area contributed by atoms with Crippen LogP contribution in [-0.4, -0.2) is 28.2 Å². The number of carbonyl (C=O) groups excluding carboxylic acids is 1. The highest BCUT2D eigenvalue weighted by Gasteiger charge is 2.18. The van der Waals surface area contributed by atoms with E-state index in [4.69, 9.17) is 5.11 Å². The van der Waals surface area contributed by atoms with Gasteiger partial charge in [0.25, 0.3) is 5.91 Å². The highest BCUT2D eigenvalue weighted by atomic mass is 16.3. The Labute approximate surface area is 125 Å². The topological polar surface area (TPSA) is 54.3 Å². The molecule has 2 N–H and O–H groups in total. The summed E-state index contributed by atoms with van der Waals surface area (Å²) in [6, 6.07) is 13.7. The lowest BCUT2D eigenvalue weighted by Gasteiger charge is -2.19. The first-order chi connectivity index (χ1) is 10.0. The Bertz CT molecular complexity index is 605. The van der Waals surface area contributed by atoms with E-state index in [0.29, 0.717) is 5.69 Å². The summed E-state index contributed by atoms with van der Waals surface area (Å²) < 4.78 is 1.89. The van der Waals surface area contributed by atoms with Crippen LogP contribution in [0.1, 0.15) is 24.3 Å². The normalized spacial score (nSPS) is 13.7. The van der Waals surface area contributed by atoms with Gasteiger partial charge in [-0.15, -0.1) is 0 Å². The van der Waals surface area contributed by atoms with Gasteiger partial charge in [0, 0.05) is 25.4 Å². The second-order valence-corrected chi connectivity index (χ2v) is 5.45. The maximum Gasteiger partial charge on any atom is 0.268 e. The Morgan fingerprint density at radius 3 is 2.48 bits per heavy atom. The molecule has 2 atom stereocenters. The SMILES string of the molecule is CC(CO)C(C)NC(=O)c1ccc(-c2ccccc2)n1C. The summed E-state index contributed by atoms with van der Waals surface area (Å²) in [5.74, 6) is -0.0877. The molecule has 0 aliphatic heterocycles. The molecule has 2 aromatic rings. The van der Waals surface area contributed by atoms with Gasteiger partial charge in [-0.25, -0.2) is 0 Å². The van der Waals surface area contributed by atoms with Gasteiger partial charge in [-0.05, 0) is 30.5 Å². The van der Waals surface area contributed by atoms with Gasteiger partial charge in [0.05, 0.1) is 0 Å². The van der Waals surface area contributed by atoms with Crippen LogP contribution in [0.3, 0.4) is 0 Å². The van der Waals surface area contributed by atoms with Gasteiger partial charge in [-0.3, -0.25) is 4.79 Å². The van der Waals surface area contributed by atoms with E-state index in [1.807, 2.05) is 67.9 Å². The molecule has 4 heteroatoms. The molecule has 1 aromatic carbocycles. The van der Waals surface area contributed by atoms with Crippen molar-refractivity contribution in [2.45, 2.75) is 19.9 Å². The largest absolute Gasteiger partial charge is 0.396 e. The van der Waals surface area contributed by atoms with Crippen LogP contribution in [0.2, 0.25) is 0 Å². The van der Waals surface area contributed by atoms with Crippen molar-refractivity contribution in [2.24, 2.45) is 13.0 Å². The van der Waals surface area contributed by atoms with E-state index >= 15 is 0 Å². The summed E-state index contributed by atoms with van der Waals surface area (Å²) >= 11 is 0. The molecule has 1 amide bonds. The fourth-order valence-electron chi connectivity index (χ4n) is 2.22. The van der Waals surface area contributed by atoms with Gasteiger partial charge < -0.3 is 15.0 Å². The molecule has 0 aliphatic carbocycles. The van der Waals surface area contributed by atoms with Crippen molar-refractivity contribution in [2.75, 3.05) is 6.61 Å². The third kappa shape index (κ3) is 3.34. The first kappa shape index (κ1) is 15.3. The average Bonchev–Trinajstić information content (AvgIpc) is 2.88. The lowest BCUT2D eigenvalue weighted by molar-refractivity contribution is 0.0908. The van der Waals surface area contributed by atoms with Gasteiger partial charge in [0.1, 0.15) is 5.69 Å². The van der Waals surface area contributed by atoms with Crippen LogP contribution in [0.5, 0.6) is 0 Å². The molecule has 2 unspecified atom stereocenters. The van der Waals surface area contributed by atoms with Crippen LogP contribution in [0.4, 0.5) is 0 Å². The standard InChI is InChI=1S/C17H22N2O2/c1-12(11-20)13(2)18-17(21)16-10-9-15(19(16)3)14-7-5-4-6-8-14/h4-10,12-13,20H,11H2,1-3H3,(H,18,21). The Kier molecular flexibility index (Phi) is 4.81. The first-order valence-electron chi connectivity index (χ1n) is 7.17. The molecule has 1 aromatic heterocycles. The van der Waals surface area contributed by atoms with Crippen molar-refractivity contribution >= 4 is 5.91 Å². The highest BCUT2D eigenvalue weighted by molar-refractivity contribution is 5.94. The molecule has 0 aliphatic rings. The summed E-state index contributed by atoms with van der Waals surface area (Å²) in [6.45, 7) is 3.87. The van der Waals surface area contributed by atoms with E-state index in [-0.39, 0.29) is 24.5 Å². The van der Waals surface area contributed by atoms with Gasteiger partial charge in [0.15, 0.2) is 0 Å². The predicted molar refractivity (Wildman–Crippen MR) is 84.0 cm³/mol. The maximum absolute atomic E-state index is 12.3. The molecule has 0 saturated carbocycles. The van der Waals surface area contributed by atoms with Gasteiger partial charge in [0.2, 0.25) is 0 Å². The number of hydrogen-bond acceptors (Lipinski definition) is 2. The Balaban J connectivity index is 2.19. The zero-order chi connectivity index (χ0) is 15.4. The lowest BCUT2D eigenvalue weighted by atomic mass is 10.1. The van der Waals surface area contributed by atoms with Crippen molar-refractivity contribution < 1.29 is 9.90 Å². The summed E-state index contributed by atoms with van der Waals surface area (Å²) in [5.41, 5.74) is 2.70. The summed E-state index contributed by atoms with van der Waals surface area (Å²) in [7, 11) is 1.89. The van der Waals surface area contributed by atoms with Crippen LogP contribution in [0.25, 0.3) is 11.3 Å². The number of aliphatic hydroxyl groups is 1. The molecule has 4 nitrogen and oxygen atoms in total. The summed E-state index contributed by atoms with van der Waals surface area (Å²) in [4.78, 5) is 12.3. The van der Waals surface area contributed by atoms with Gasteiger partial charge in [-0.1, -0.05) is 37.3 Å². The second-order valence-electron chi connectivity index (χ2n) is 5.45. The molecule has 1 heterocycles. The third-order valence-electron chi connectivity index (χ3n) is 3.92. The molecular formula is C17H22N2O2. The zero-order valence-corrected chi connectivity index (χ0v) is 12.7. The average molecular weight is 286 g/mol. The first-order valence-corrected chi connectivity index (χ1v) is 7.17. The van der Waals surface area contributed by atoms with E-state index in [0.717, 1.165) is 11.3 Å². The minimum Gasteiger partial charge on any atom is -0.396 e. The van der Waals surface area contributed by atoms with E-state index in [2.05, 4.69) is 5.32 Å². The molecule has 0 saturated heterocycles. The van der Waals surface area contributed by atoms with Crippen LogP contribution in [0.15, 0.2) is 42.5 Å². The van der Waals surface area contributed by atoms with Crippen LogP contribution >= 0.6 is 0 Å².